The molecule has 0 aromatic heterocycles. The molecule has 1 unspecified atom stereocenters. The molecule has 1 aliphatic rings. The van der Waals surface area contributed by atoms with Crippen molar-refractivity contribution in [3.05, 3.63) is 34.9 Å². The van der Waals surface area contributed by atoms with Crippen molar-refractivity contribution in [3.8, 4) is 0 Å². The first kappa shape index (κ1) is 12.6. The summed E-state index contributed by atoms with van der Waals surface area (Å²) in [7, 11) is 0. The van der Waals surface area contributed by atoms with Crippen LogP contribution in [0.4, 0.5) is 0 Å². The number of aryl methyl sites for hydroxylation is 2. The van der Waals surface area contributed by atoms with Gasteiger partial charge < -0.3 is 5.11 Å². The van der Waals surface area contributed by atoms with Gasteiger partial charge in [0, 0.05) is 0 Å². The summed E-state index contributed by atoms with van der Waals surface area (Å²) in [4.78, 5) is 0. The van der Waals surface area contributed by atoms with Gasteiger partial charge in [0.25, 0.3) is 0 Å². The molecule has 94 valence electrons. The van der Waals surface area contributed by atoms with Gasteiger partial charge >= 0.3 is 0 Å². The number of hydrogen-bond acceptors (Lipinski definition) is 1. The zero-order chi connectivity index (χ0) is 12.7. The van der Waals surface area contributed by atoms with Gasteiger partial charge in [-0.05, 0) is 43.2 Å². The Bertz CT molecular complexity index is 420. The summed E-state index contributed by atoms with van der Waals surface area (Å²) < 4.78 is 0. The molecule has 0 saturated heterocycles. The van der Waals surface area contributed by atoms with E-state index in [0.29, 0.717) is 0 Å². The average molecular weight is 232 g/mol. The lowest BCUT2D eigenvalue weighted by Gasteiger charge is -2.47. The number of aliphatic hydroxyl groups is 1. The lowest BCUT2D eigenvalue weighted by molar-refractivity contribution is -0.104. The molecule has 1 atom stereocenters. The predicted octanol–water partition coefficient (Wildman–Crippen LogP) is 4.09. The molecule has 0 spiro atoms. The Morgan fingerprint density at radius 1 is 1.06 bits per heavy atom. The first-order valence-electron chi connectivity index (χ1n) is 6.67. The van der Waals surface area contributed by atoms with E-state index in [2.05, 4.69) is 45.9 Å². The monoisotopic (exact) mass is 232 g/mol. The van der Waals surface area contributed by atoms with Gasteiger partial charge in [-0.1, -0.05) is 50.5 Å². The van der Waals surface area contributed by atoms with Gasteiger partial charge in [0.2, 0.25) is 0 Å². The third-order valence-corrected chi connectivity index (χ3v) is 4.55. The first-order valence-corrected chi connectivity index (χ1v) is 6.67. The van der Waals surface area contributed by atoms with Crippen LogP contribution in [0.15, 0.2) is 18.2 Å². The molecule has 2 rings (SSSR count). The summed E-state index contributed by atoms with van der Waals surface area (Å²) in [5, 5.41) is 11.2. The SMILES string of the molecule is Cc1ccc(C)c(C2(O)CCCCC2(C)C)c1. The van der Waals surface area contributed by atoms with Crippen LogP contribution < -0.4 is 0 Å². The van der Waals surface area contributed by atoms with Crippen molar-refractivity contribution in [1.29, 1.82) is 0 Å². The maximum atomic E-state index is 11.2. The molecule has 0 amide bonds. The van der Waals surface area contributed by atoms with Gasteiger partial charge in [0.15, 0.2) is 0 Å². The van der Waals surface area contributed by atoms with Crippen LogP contribution in [-0.2, 0) is 5.60 Å². The van der Waals surface area contributed by atoms with Gasteiger partial charge in [-0.25, -0.2) is 0 Å². The van der Waals surface area contributed by atoms with Gasteiger partial charge in [-0.15, -0.1) is 0 Å². The molecule has 1 aliphatic carbocycles. The molecule has 0 aliphatic heterocycles. The normalized spacial score (nSPS) is 28.1. The summed E-state index contributed by atoms with van der Waals surface area (Å²) in [6, 6.07) is 6.42. The zero-order valence-corrected chi connectivity index (χ0v) is 11.5. The molecule has 17 heavy (non-hydrogen) atoms. The maximum Gasteiger partial charge on any atom is 0.0949 e. The van der Waals surface area contributed by atoms with Crippen LogP contribution in [0, 0.1) is 19.3 Å². The fraction of sp³-hybridized carbons (Fsp3) is 0.625. The highest BCUT2D eigenvalue weighted by Gasteiger charge is 2.46. The highest BCUT2D eigenvalue weighted by Crippen LogP contribution is 2.50. The Balaban J connectivity index is 2.52. The molecule has 1 aromatic rings. The summed E-state index contributed by atoms with van der Waals surface area (Å²) in [5.74, 6) is 0. The van der Waals surface area contributed by atoms with Crippen molar-refractivity contribution in [2.24, 2.45) is 5.41 Å². The Kier molecular flexibility index (Phi) is 3.07. The second-order valence-corrected chi connectivity index (χ2v) is 6.27. The summed E-state index contributed by atoms with van der Waals surface area (Å²) in [6.07, 6.45) is 4.37. The highest BCUT2D eigenvalue weighted by atomic mass is 16.3. The molecule has 1 N–H and O–H groups in total. The molecular weight excluding hydrogens is 208 g/mol. The van der Waals surface area contributed by atoms with Crippen molar-refractivity contribution in [1.82, 2.24) is 0 Å². The largest absolute Gasteiger partial charge is 0.385 e. The molecule has 1 fully saturated rings. The topological polar surface area (TPSA) is 20.2 Å². The van der Waals surface area contributed by atoms with E-state index >= 15 is 0 Å². The van der Waals surface area contributed by atoms with Gasteiger partial charge in [-0.2, -0.15) is 0 Å². The van der Waals surface area contributed by atoms with Crippen LogP contribution in [0.25, 0.3) is 0 Å². The average Bonchev–Trinajstić information content (AvgIpc) is 2.26. The Morgan fingerprint density at radius 2 is 1.71 bits per heavy atom. The molecule has 0 bridgehead atoms. The maximum absolute atomic E-state index is 11.2. The van der Waals surface area contributed by atoms with Crippen LogP contribution in [0.1, 0.15) is 56.2 Å². The van der Waals surface area contributed by atoms with Crippen molar-refractivity contribution in [3.63, 3.8) is 0 Å². The van der Waals surface area contributed by atoms with E-state index in [1.807, 2.05) is 0 Å². The van der Waals surface area contributed by atoms with E-state index in [9.17, 15) is 5.11 Å². The molecule has 0 heterocycles. The van der Waals surface area contributed by atoms with Crippen LogP contribution in [0.3, 0.4) is 0 Å². The smallest absolute Gasteiger partial charge is 0.0949 e. The third kappa shape index (κ3) is 2.01. The Hall–Kier alpha value is -0.820. The van der Waals surface area contributed by atoms with E-state index < -0.39 is 5.60 Å². The fourth-order valence-corrected chi connectivity index (χ4v) is 3.17. The first-order chi connectivity index (χ1) is 7.87. The summed E-state index contributed by atoms with van der Waals surface area (Å²) in [6.45, 7) is 8.61. The second kappa shape index (κ2) is 4.13. The van der Waals surface area contributed by atoms with Gasteiger partial charge in [-0.3, -0.25) is 0 Å². The molecule has 1 heteroatoms. The number of rotatable bonds is 1. The lowest BCUT2D eigenvalue weighted by atomic mass is 9.62. The van der Waals surface area contributed by atoms with E-state index in [4.69, 9.17) is 0 Å². The standard InChI is InChI=1S/C16H24O/c1-12-7-8-13(2)14(11-12)16(17)10-6-5-9-15(16,3)4/h7-8,11,17H,5-6,9-10H2,1-4H3. The van der Waals surface area contributed by atoms with E-state index in [1.165, 1.54) is 17.5 Å². The van der Waals surface area contributed by atoms with E-state index in [-0.39, 0.29) is 5.41 Å². The fourth-order valence-electron chi connectivity index (χ4n) is 3.17. The quantitative estimate of drug-likeness (QED) is 0.773. The van der Waals surface area contributed by atoms with E-state index in [1.54, 1.807) is 0 Å². The minimum Gasteiger partial charge on any atom is -0.385 e. The molecular formula is C16H24O. The lowest BCUT2D eigenvalue weighted by Crippen LogP contribution is -2.45. The van der Waals surface area contributed by atoms with Crippen molar-refractivity contribution < 1.29 is 5.11 Å². The third-order valence-electron chi connectivity index (χ3n) is 4.55. The molecule has 1 aromatic carbocycles. The van der Waals surface area contributed by atoms with Crippen molar-refractivity contribution in [2.45, 2.75) is 59.0 Å². The highest BCUT2D eigenvalue weighted by molar-refractivity contribution is 5.36. The van der Waals surface area contributed by atoms with Crippen LogP contribution >= 0.6 is 0 Å². The van der Waals surface area contributed by atoms with Crippen molar-refractivity contribution >= 4 is 0 Å². The van der Waals surface area contributed by atoms with Gasteiger partial charge in [0.1, 0.15) is 0 Å². The summed E-state index contributed by atoms with van der Waals surface area (Å²) in [5.41, 5.74) is 2.92. The molecule has 0 radical (unpaired) electrons. The van der Waals surface area contributed by atoms with E-state index in [0.717, 1.165) is 24.8 Å². The second-order valence-electron chi connectivity index (χ2n) is 6.27. The number of benzene rings is 1. The number of hydrogen-bond donors (Lipinski definition) is 1. The molecule has 1 nitrogen and oxygen atoms in total. The Morgan fingerprint density at radius 3 is 2.35 bits per heavy atom. The summed E-state index contributed by atoms with van der Waals surface area (Å²) >= 11 is 0. The predicted molar refractivity (Wildman–Crippen MR) is 72.1 cm³/mol. The minimum atomic E-state index is -0.651. The molecule has 1 saturated carbocycles. The van der Waals surface area contributed by atoms with Gasteiger partial charge in [0.05, 0.1) is 5.60 Å². The zero-order valence-electron chi connectivity index (χ0n) is 11.5. The van der Waals surface area contributed by atoms with Crippen LogP contribution in [-0.4, -0.2) is 5.11 Å². The minimum absolute atomic E-state index is 0.0240. The van der Waals surface area contributed by atoms with Crippen LogP contribution in [0.2, 0.25) is 0 Å². The Labute approximate surface area is 105 Å². The van der Waals surface area contributed by atoms with Crippen molar-refractivity contribution in [2.75, 3.05) is 0 Å². The van der Waals surface area contributed by atoms with Crippen LogP contribution in [0.5, 0.6) is 0 Å².